The molecule has 1 aliphatic carbocycles. The van der Waals surface area contributed by atoms with Gasteiger partial charge in [0.05, 0.1) is 10.5 Å². The number of β-amino-alcohol motifs (C(OH)–C–C–N with tert-alkyl or cyclic N) is 1. The molecule has 4 nitrogen and oxygen atoms in total. The Morgan fingerprint density at radius 3 is 2.16 bits per heavy atom. The van der Waals surface area contributed by atoms with E-state index in [0.717, 1.165) is 24.0 Å². The van der Waals surface area contributed by atoms with Crippen LogP contribution < -0.4 is 0 Å². The number of aliphatic hydroxyl groups is 1. The van der Waals surface area contributed by atoms with Gasteiger partial charge < -0.3 is 5.11 Å². The van der Waals surface area contributed by atoms with Crippen molar-refractivity contribution in [3.05, 3.63) is 29.3 Å². The summed E-state index contributed by atoms with van der Waals surface area (Å²) in [6.45, 7) is 4.27. The molecule has 0 bridgehead atoms. The molecule has 1 aliphatic heterocycles. The SMILES string of the molecule is Cc1cc(C)cc(S(=O)(=O)N2CC(O)(C3CC3)C2)c1. The van der Waals surface area contributed by atoms with Gasteiger partial charge >= 0.3 is 0 Å². The monoisotopic (exact) mass is 281 g/mol. The zero-order valence-corrected chi connectivity index (χ0v) is 12.1. The zero-order chi connectivity index (χ0) is 13.8. The average Bonchev–Trinajstić information content (AvgIpc) is 3.07. The molecule has 0 radical (unpaired) electrons. The predicted octanol–water partition coefficient (Wildman–Crippen LogP) is 1.45. The minimum atomic E-state index is -3.45. The first-order valence-corrected chi connectivity index (χ1v) is 8.06. The van der Waals surface area contributed by atoms with E-state index in [4.69, 9.17) is 0 Å². The summed E-state index contributed by atoms with van der Waals surface area (Å²) in [7, 11) is -3.45. The maximum absolute atomic E-state index is 12.5. The van der Waals surface area contributed by atoms with Crippen molar-refractivity contribution in [3.63, 3.8) is 0 Å². The lowest BCUT2D eigenvalue weighted by Crippen LogP contribution is -2.64. The van der Waals surface area contributed by atoms with Gasteiger partial charge in [-0.3, -0.25) is 0 Å². The van der Waals surface area contributed by atoms with E-state index in [1.54, 1.807) is 12.1 Å². The number of nitrogens with zero attached hydrogens (tertiary/aromatic N) is 1. The van der Waals surface area contributed by atoms with Crippen LogP contribution in [0.2, 0.25) is 0 Å². The summed E-state index contributed by atoms with van der Waals surface area (Å²) in [5.41, 5.74) is 1.11. The Morgan fingerprint density at radius 1 is 1.16 bits per heavy atom. The smallest absolute Gasteiger partial charge is 0.243 e. The quantitative estimate of drug-likeness (QED) is 0.912. The van der Waals surface area contributed by atoms with E-state index in [0.29, 0.717) is 10.8 Å². The number of benzene rings is 1. The minimum Gasteiger partial charge on any atom is -0.387 e. The van der Waals surface area contributed by atoms with Crippen LogP contribution in [0.15, 0.2) is 23.1 Å². The Balaban J connectivity index is 1.84. The topological polar surface area (TPSA) is 57.6 Å². The molecule has 1 heterocycles. The van der Waals surface area contributed by atoms with Gasteiger partial charge in [0, 0.05) is 13.1 Å². The van der Waals surface area contributed by atoms with E-state index in [1.165, 1.54) is 4.31 Å². The van der Waals surface area contributed by atoms with Gasteiger partial charge in [-0.25, -0.2) is 8.42 Å². The number of rotatable bonds is 3. The van der Waals surface area contributed by atoms with Gasteiger partial charge in [0.25, 0.3) is 0 Å². The van der Waals surface area contributed by atoms with Crippen molar-refractivity contribution in [3.8, 4) is 0 Å². The first-order chi connectivity index (χ1) is 8.81. The zero-order valence-electron chi connectivity index (χ0n) is 11.3. The maximum Gasteiger partial charge on any atom is 0.243 e. The molecule has 2 aliphatic rings. The molecule has 1 aromatic carbocycles. The highest BCUT2D eigenvalue weighted by Crippen LogP contribution is 2.45. The van der Waals surface area contributed by atoms with Gasteiger partial charge in [-0.05, 0) is 55.9 Å². The Labute approximate surface area is 114 Å². The lowest BCUT2D eigenvalue weighted by molar-refractivity contribution is -0.0764. The van der Waals surface area contributed by atoms with Crippen LogP contribution in [0.3, 0.4) is 0 Å². The average molecular weight is 281 g/mol. The summed E-state index contributed by atoms with van der Waals surface area (Å²) >= 11 is 0. The molecular weight excluding hydrogens is 262 g/mol. The molecule has 19 heavy (non-hydrogen) atoms. The third-order valence-electron chi connectivity index (χ3n) is 4.07. The second-order valence-corrected chi connectivity index (χ2v) is 7.91. The summed E-state index contributed by atoms with van der Waals surface area (Å²) in [4.78, 5) is 0.336. The van der Waals surface area contributed by atoms with Crippen molar-refractivity contribution in [1.29, 1.82) is 0 Å². The van der Waals surface area contributed by atoms with Crippen molar-refractivity contribution in [2.45, 2.75) is 37.2 Å². The van der Waals surface area contributed by atoms with E-state index >= 15 is 0 Å². The number of aryl methyl sites for hydroxylation is 2. The summed E-state index contributed by atoms with van der Waals surface area (Å²) in [6.07, 6.45) is 2.04. The molecule has 1 saturated heterocycles. The van der Waals surface area contributed by atoms with Crippen molar-refractivity contribution in [2.24, 2.45) is 5.92 Å². The maximum atomic E-state index is 12.5. The molecule has 1 N–H and O–H groups in total. The molecule has 1 aromatic rings. The van der Waals surface area contributed by atoms with Crippen LogP contribution in [0, 0.1) is 19.8 Å². The van der Waals surface area contributed by atoms with Gasteiger partial charge in [-0.1, -0.05) is 6.07 Å². The van der Waals surface area contributed by atoms with Gasteiger partial charge in [-0.15, -0.1) is 0 Å². The third kappa shape index (κ3) is 2.20. The van der Waals surface area contributed by atoms with E-state index in [1.807, 2.05) is 19.9 Å². The van der Waals surface area contributed by atoms with E-state index < -0.39 is 15.6 Å². The van der Waals surface area contributed by atoms with Gasteiger partial charge in [0.15, 0.2) is 0 Å². The van der Waals surface area contributed by atoms with Crippen LogP contribution >= 0.6 is 0 Å². The molecule has 104 valence electrons. The number of hydrogen-bond acceptors (Lipinski definition) is 3. The molecule has 3 rings (SSSR count). The van der Waals surface area contributed by atoms with Crippen molar-refractivity contribution < 1.29 is 13.5 Å². The van der Waals surface area contributed by atoms with E-state index in [9.17, 15) is 13.5 Å². The van der Waals surface area contributed by atoms with Crippen LogP contribution in [0.5, 0.6) is 0 Å². The highest BCUT2D eigenvalue weighted by Gasteiger charge is 2.55. The van der Waals surface area contributed by atoms with Crippen LogP contribution in [0.4, 0.5) is 0 Å². The molecule has 1 saturated carbocycles. The molecular formula is C14H19NO3S. The Kier molecular flexibility index (Phi) is 2.78. The largest absolute Gasteiger partial charge is 0.387 e. The molecule has 0 atom stereocenters. The minimum absolute atomic E-state index is 0.243. The van der Waals surface area contributed by atoms with E-state index in [2.05, 4.69) is 0 Å². The summed E-state index contributed by atoms with van der Waals surface area (Å²) in [5.74, 6) is 0.304. The molecule has 0 spiro atoms. The van der Waals surface area contributed by atoms with Gasteiger partial charge in [0.1, 0.15) is 0 Å². The lowest BCUT2D eigenvalue weighted by atomic mass is 9.91. The summed E-state index contributed by atoms with van der Waals surface area (Å²) < 4.78 is 26.3. The fourth-order valence-corrected chi connectivity index (χ4v) is 4.60. The molecule has 0 amide bonds. The normalized spacial score (nSPS) is 23.1. The van der Waals surface area contributed by atoms with Crippen LogP contribution in [-0.4, -0.2) is 36.5 Å². The van der Waals surface area contributed by atoms with Crippen molar-refractivity contribution in [1.82, 2.24) is 4.31 Å². The fraction of sp³-hybridized carbons (Fsp3) is 0.571. The molecule has 2 fully saturated rings. The van der Waals surface area contributed by atoms with Crippen LogP contribution in [0.1, 0.15) is 24.0 Å². The lowest BCUT2D eigenvalue weighted by Gasteiger charge is -2.45. The summed E-state index contributed by atoms with van der Waals surface area (Å²) in [5, 5.41) is 10.2. The Morgan fingerprint density at radius 2 is 1.68 bits per heavy atom. The molecule has 5 heteroatoms. The van der Waals surface area contributed by atoms with Crippen molar-refractivity contribution in [2.75, 3.05) is 13.1 Å². The Hall–Kier alpha value is -0.910. The van der Waals surface area contributed by atoms with Gasteiger partial charge in [0.2, 0.25) is 10.0 Å². The van der Waals surface area contributed by atoms with Crippen molar-refractivity contribution >= 4 is 10.0 Å². The van der Waals surface area contributed by atoms with Crippen LogP contribution in [0.25, 0.3) is 0 Å². The standard InChI is InChI=1S/C14H19NO3S/c1-10-5-11(2)7-13(6-10)19(17,18)15-8-14(16,9-15)12-3-4-12/h5-7,12,16H,3-4,8-9H2,1-2H3. The van der Waals surface area contributed by atoms with Gasteiger partial charge in [-0.2, -0.15) is 4.31 Å². The summed E-state index contributed by atoms with van der Waals surface area (Å²) in [6, 6.07) is 5.34. The van der Waals surface area contributed by atoms with E-state index in [-0.39, 0.29) is 13.1 Å². The Bertz CT molecular complexity index is 593. The van der Waals surface area contributed by atoms with Crippen LogP contribution in [-0.2, 0) is 10.0 Å². The molecule has 0 aromatic heterocycles. The second-order valence-electron chi connectivity index (χ2n) is 5.97. The molecule has 0 unspecified atom stereocenters. The highest BCUT2D eigenvalue weighted by atomic mass is 32.2. The third-order valence-corrected chi connectivity index (χ3v) is 5.84. The first-order valence-electron chi connectivity index (χ1n) is 6.62. The second kappa shape index (κ2) is 4.04. The number of sulfonamides is 1. The highest BCUT2D eigenvalue weighted by molar-refractivity contribution is 7.89. The fourth-order valence-electron chi connectivity index (χ4n) is 2.84. The first kappa shape index (κ1) is 13.1. The number of hydrogen-bond donors (Lipinski definition) is 1. The predicted molar refractivity (Wildman–Crippen MR) is 72.3 cm³/mol.